The molecule has 45 heavy (non-hydrogen) atoms. The van der Waals surface area contributed by atoms with Crippen LogP contribution in [0, 0.1) is 5.92 Å². The topological polar surface area (TPSA) is 289 Å². The summed E-state index contributed by atoms with van der Waals surface area (Å²) in [5, 5.41) is 29.9. The molecule has 7 atom stereocenters. The molecule has 0 aromatic heterocycles. The van der Waals surface area contributed by atoms with Gasteiger partial charge in [0.2, 0.25) is 41.7 Å². The molecule has 6 amide bonds. The molecule has 0 aromatic rings. The van der Waals surface area contributed by atoms with Gasteiger partial charge in [-0.2, -0.15) is 0 Å². The second-order valence-corrected chi connectivity index (χ2v) is 11.6. The van der Waals surface area contributed by atoms with Crippen molar-refractivity contribution in [2.45, 2.75) is 108 Å². The van der Waals surface area contributed by atoms with E-state index in [1.807, 2.05) is 13.8 Å². The lowest BCUT2D eigenvalue weighted by molar-refractivity contribution is -0.143. The molecule has 1 aliphatic rings. The van der Waals surface area contributed by atoms with Gasteiger partial charge in [-0.15, -0.1) is 0 Å². The van der Waals surface area contributed by atoms with Crippen LogP contribution >= 0.6 is 0 Å². The van der Waals surface area contributed by atoms with Crippen molar-refractivity contribution in [1.29, 1.82) is 0 Å². The van der Waals surface area contributed by atoms with Crippen molar-refractivity contribution >= 4 is 41.7 Å². The summed E-state index contributed by atoms with van der Waals surface area (Å²) >= 11 is 0. The first-order valence-electron chi connectivity index (χ1n) is 15.1. The predicted octanol–water partition coefficient (Wildman–Crippen LogP) is -4.22. The van der Waals surface area contributed by atoms with Crippen LogP contribution in [-0.2, 0) is 33.6 Å². The summed E-state index contributed by atoms with van der Waals surface area (Å²) in [4.78, 5) is 88.8. The molecule has 12 N–H and O–H groups in total. The smallest absolute Gasteiger partial charge is 0.248 e. The van der Waals surface area contributed by atoms with Gasteiger partial charge in [0, 0.05) is 6.54 Å². The molecule has 1 fully saturated rings. The van der Waals surface area contributed by atoms with Gasteiger partial charge >= 0.3 is 0 Å². The van der Waals surface area contributed by atoms with E-state index in [0.29, 0.717) is 38.6 Å². The van der Waals surface area contributed by atoms with E-state index in [9.17, 15) is 43.8 Å². The Morgan fingerprint density at radius 3 is 2.13 bits per heavy atom. The van der Waals surface area contributed by atoms with Crippen LogP contribution in [0.4, 0.5) is 0 Å². The largest absolute Gasteiger partial charge is 0.394 e. The van der Waals surface area contributed by atoms with Crippen LogP contribution in [0.3, 0.4) is 0 Å². The Morgan fingerprint density at radius 1 is 0.956 bits per heavy atom. The Hall–Kier alpha value is -3.67. The number of hydrogen-bond donors (Lipinski definition) is 9. The molecule has 1 rings (SSSR count). The lowest BCUT2D eigenvalue weighted by atomic mass is 10.0. The molecule has 17 heteroatoms. The van der Waals surface area contributed by atoms with Crippen molar-refractivity contribution in [1.82, 2.24) is 26.2 Å². The zero-order chi connectivity index (χ0) is 34.3. The Kier molecular flexibility index (Phi) is 17.2. The zero-order valence-corrected chi connectivity index (χ0v) is 26.1. The summed E-state index contributed by atoms with van der Waals surface area (Å²) in [6.45, 7) is 4.63. The van der Waals surface area contributed by atoms with E-state index in [1.165, 1.54) is 11.8 Å². The van der Waals surface area contributed by atoms with Crippen molar-refractivity contribution < 1.29 is 43.8 Å². The number of aliphatic hydroxyl groups excluding tert-OH is 2. The van der Waals surface area contributed by atoms with Crippen LogP contribution in [0.1, 0.15) is 65.7 Å². The van der Waals surface area contributed by atoms with E-state index in [4.69, 9.17) is 17.2 Å². The average molecular weight is 642 g/mol. The monoisotopic (exact) mass is 641 g/mol. The number of rotatable bonds is 20. The molecule has 17 nitrogen and oxygen atoms in total. The highest BCUT2D eigenvalue weighted by Crippen LogP contribution is 2.19. The lowest BCUT2D eigenvalue weighted by Gasteiger charge is -2.30. The van der Waals surface area contributed by atoms with Gasteiger partial charge in [0.15, 0.2) is 0 Å². The fourth-order valence-electron chi connectivity index (χ4n) is 4.83. The zero-order valence-electron chi connectivity index (χ0n) is 26.1. The van der Waals surface area contributed by atoms with Crippen LogP contribution in [0.2, 0.25) is 0 Å². The Labute approximate surface area is 262 Å². The second kappa shape index (κ2) is 19.7. The van der Waals surface area contributed by atoms with Gasteiger partial charge in [0.05, 0.1) is 31.2 Å². The SMILES string of the molecule is CC(C)C[C@@H]([C]=O)NC(=O)[C@@H]1CCCN1C(=O)[C@H](CO)NC(=O)[C@H](CCCCN)NC(=O)[C@@H](NC(=O)[C@@H](N)CC(N)=O)[C@@H](C)O. The Morgan fingerprint density at radius 2 is 1.60 bits per heavy atom. The Balaban J connectivity index is 3.05. The van der Waals surface area contributed by atoms with Crippen LogP contribution in [0.5, 0.6) is 0 Å². The first kappa shape index (κ1) is 39.4. The van der Waals surface area contributed by atoms with Crippen molar-refractivity contribution in [2.24, 2.45) is 23.1 Å². The second-order valence-electron chi connectivity index (χ2n) is 11.6. The number of aliphatic hydroxyl groups is 2. The molecule has 1 saturated heterocycles. The highest BCUT2D eigenvalue weighted by atomic mass is 16.3. The van der Waals surface area contributed by atoms with Crippen molar-refractivity contribution in [3.8, 4) is 0 Å². The number of nitrogens with one attached hydrogen (secondary N) is 4. The number of nitrogens with two attached hydrogens (primary N) is 3. The number of likely N-dealkylation sites (tertiary alicyclic amines) is 1. The average Bonchev–Trinajstić information content (AvgIpc) is 3.46. The molecular weight excluding hydrogens is 592 g/mol. The third-order valence-electron chi connectivity index (χ3n) is 7.20. The van der Waals surface area contributed by atoms with Gasteiger partial charge in [0.1, 0.15) is 24.2 Å². The van der Waals surface area contributed by atoms with Crippen molar-refractivity contribution in [2.75, 3.05) is 19.7 Å². The maximum atomic E-state index is 13.4. The molecule has 1 heterocycles. The molecule has 0 bridgehead atoms. The number of nitrogens with zero attached hydrogens (tertiary/aromatic N) is 1. The van der Waals surface area contributed by atoms with Crippen LogP contribution in [0.25, 0.3) is 0 Å². The minimum Gasteiger partial charge on any atom is -0.394 e. The minimum absolute atomic E-state index is 0.0525. The first-order chi connectivity index (χ1) is 21.2. The highest BCUT2D eigenvalue weighted by Gasteiger charge is 2.39. The third kappa shape index (κ3) is 13.1. The molecule has 1 aliphatic heterocycles. The van der Waals surface area contributed by atoms with Crippen LogP contribution < -0.4 is 38.5 Å². The molecule has 0 saturated carbocycles. The van der Waals surface area contributed by atoms with Gasteiger partial charge in [0.25, 0.3) is 0 Å². The lowest BCUT2D eigenvalue weighted by Crippen LogP contribution is -2.61. The van der Waals surface area contributed by atoms with Crippen LogP contribution in [-0.4, -0.2) is 119 Å². The van der Waals surface area contributed by atoms with Crippen LogP contribution in [0.15, 0.2) is 0 Å². The molecule has 0 spiro atoms. The quantitative estimate of drug-likeness (QED) is 0.0574. The van der Waals surface area contributed by atoms with E-state index in [0.717, 1.165) is 0 Å². The maximum absolute atomic E-state index is 13.4. The Bertz CT molecular complexity index is 1040. The van der Waals surface area contributed by atoms with E-state index >= 15 is 0 Å². The molecule has 1 radical (unpaired) electrons. The fourth-order valence-corrected chi connectivity index (χ4v) is 4.83. The molecule has 0 aromatic carbocycles. The van der Waals surface area contributed by atoms with E-state index < -0.39 is 90.8 Å². The summed E-state index contributed by atoms with van der Waals surface area (Å²) in [5.74, 6) is -4.76. The number of primary amides is 1. The van der Waals surface area contributed by atoms with Gasteiger partial charge in [-0.1, -0.05) is 13.8 Å². The standard InChI is InChI=1S/C28H49N8O9/c1-15(2)11-17(13-37)32-26(43)21-8-6-10-36(21)28(45)20(14-38)34-25(42)19(7-4-5-9-29)33-27(44)23(16(3)39)35-24(41)18(30)12-22(31)40/h15-21,23,38-39H,4-12,14,29-30H2,1-3H3,(H2,31,40)(H,32,43)(H,33,44)(H,34,42)(H,35,41)/t16-,17+,18+,19+,20+,21+,23+/m1/s1. The van der Waals surface area contributed by atoms with Gasteiger partial charge in [-0.05, 0) is 57.9 Å². The third-order valence-corrected chi connectivity index (χ3v) is 7.20. The number of amides is 6. The number of carbonyl (C=O) groups excluding carboxylic acids is 7. The summed E-state index contributed by atoms with van der Waals surface area (Å²) < 4.78 is 0. The fraction of sp³-hybridized carbons (Fsp3) is 0.750. The summed E-state index contributed by atoms with van der Waals surface area (Å²) in [6, 6.07) is -7.48. The van der Waals surface area contributed by atoms with E-state index in [2.05, 4.69) is 21.3 Å². The number of unbranched alkanes of at least 4 members (excludes halogenated alkanes) is 1. The van der Waals surface area contributed by atoms with Crippen molar-refractivity contribution in [3.05, 3.63) is 0 Å². The maximum Gasteiger partial charge on any atom is 0.248 e. The summed E-state index contributed by atoms with van der Waals surface area (Å²) in [6.07, 6.45) is 1.91. The number of hydrogen-bond acceptors (Lipinski definition) is 11. The predicted molar refractivity (Wildman–Crippen MR) is 161 cm³/mol. The van der Waals surface area contributed by atoms with E-state index in [1.54, 1.807) is 6.29 Å². The number of carbonyl (C=O) groups is 6. The summed E-state index contributed by atoms with van der Waals surface area (Å²) in [5.41, 5.74) is 16.2. The summed E-state index contributed by atoms with van der Waals surface area (Å²) in [7, 11) is 0. The minimum atomic E-state index is -1.57. The first-order valence-corrected chi connectivity index (χ1v) is 15.1. The van der Waals surface area contributed by atoms with Gasteiger partial charge in [-0.25, -0.2) is 0 Å². The van der Waals surface area contributed by atoms with Crippen molar-refractivity contribution in [3.63, 3.8) is 0 Å². The highest BCUT2D eigenvalue weighted by molar-refractivity contribution is 5.97. The molecule has 0 unspecified atom stereocenters. The molecular formula is C28H49N8O9. The molecule has 0 aliphatic carbocycles. The van der Waals surface area contributed by atoms with E-state index in [-0.39, 0.29) is 18.9 Å². The molecule has 255 valence electrons. The van der Waals surface area contributed by atoms with Gasteiger partial charge in [-0.3, -0.25) is 33.6 Å². The normalized spacial score (nSPS) is 18.6. The van der Waals surface area contributed by atoms with Gasteiger partial charge < -0.3 is 53.6 Å².